The Morgan fingerprint density at radius 2 is 1.47 bits per heavy atom. The first kappa shape index (κ1) is 19.4. The average molecular weight is 420 g/mol. The molecule has 1 heterocycles. The third kappa shape index (κ3) is 2.86. The Morgan fingerprint density at radius 1 is 0.719 bits per heavy atom. The molecule has 0 radical (unpaired) electrons. The minimum Gasteiger partial charge on any atom is -0.456 e. The zero-order valence-corrected chi connectivity index (χ0v) is 19.3. The summed E-state index contributed by atoms with van der Waals surface area (Å²) in [6.45, 7) is 9.49. The van der Waals surface area contributed by atoms with Gasteiger partial charge in [-0.05, 0) is 70.0 Å². The lowest BCUT2D eigenvalue weighted by Gasteiger charge is -2.43. The number of hydrogen-bond acceptors (Lipinski definition) is 2. The molecule has 6 rings (SSSR count). The summed E-state index contributed by atoms with van der Waals surface area (Å²) in [6.07, 6.45) is 2.41. The predicted octanol–water partition coefficient (Wildman–Crippen LogP) is 8.71. The van der Waals surface area contributed by atoms with E-state index in [4.69, 9.17) is 4.74 Å². The number of nitrogens with one attached hydrogen (secondary N) is 1. The summed E-state index contributed by atoms with van der Waals surface area (Å²) in [5.74, 6) is 1.84. The van der Waals surface area contributed by atoms with Gasteiger partial charge in [-0.25, -0.2) is 0 Å². The molecule has 0 saturated carbocycles. The lowest BCUT2D eigenvalue weighted by molar-refractivity contribution is 0.333. The van der Waals surface area contributed by atoms with Crippen molar-refractivity contribution >= 4 is 22.1 Å². The van der Waals surface area contributed by atoms with Crippen molar-refractivity contribution < 1.29 is 4.74 Å². The molecule has 4 aromatic carbocycles. The van der Waals surface area contributed by atoms with Crippen molar-refractivity contribution in [2.24, 2.45) is 0 Å². The standard InChI is InChI=1S/C30H29NO/c1-29(2)16-17-30(3,4)28-23(29)11-7-12-24(28)31-20-14-15-21-22-10-5-8-19-9-6-13-25(27(19)22)32-26(21)18-20/h5-15,18,31H,16-17H2,1-4H3. The summed E-state index contributed by atoms with van der Waals surface area (Å²) in [5, 5.41) is 6.16. The van der Waals surface area contributed by atoms with E-state index < -0.39 is 0 Å². The Bertz CT molecular complexity index is 1370. The Labute approximate surface area is 190 Å². The summed E-state index contributed by atoms with van der Waals surface area (Å²) in [4.78, 5) is 0. The van der Waals surface area contributed by atoms with Crippen molar-refractivity contribution in [3.8, 4) is 22.6 Å². The van der Waals surface area contributed by atoms with E-state index in [0.717, 1.165) is 22.7 Å². The monoisotopic (exact) mass is 419 g/mol. The second kappa shape index (κ2) is 6.62. The van der Waals surface area contributed by atoms with E-state index in [-0.39, 0.29) is 10.8 Å². The number of anilines is 2. The molecule has 0 aromatic heterocycles. The maximum atomic E-state index is 6.37. The molecular weight excluding hydrogens is 390 g/mol. The first-order valence-corrected chi connectivity index (χ1v) is 11.6. The smallest absolute Gasteiger partial charge is 0.137 e. The van der Waals surface area contributed by atoms with Gasteiger partial charge in [0.25, 0.3) is 0 Å². The molecule has 1 N–H and O–H groups in total. The van der Waals surface area contributed by atoms with E-state index in [1.54, 1.807) is 0 Å². The van der Waals surface area contributed by atoms with Crippen molar-refractivity contribution in [2.75, 3.05) is 5.32 Å². The Morgan fingerprint density at radius 3 is 2.31 bits per heavy atom. The molecule has 0 amide bonds. The van der Waals surface area contributed by atoms with Crippen LogP contribution >= 0.6 is 0 Å². The number of fused-ring (bicyclic) bond motifs is 3. The van der Waals surface area contributed by atoms with Crippen LogP contribution in [0.4, 0.5) is 11.4 Å². The fourth-order valence-corrected chi connectivity index (χ4v) is 5.63. The molecule has 1 aliphatic carbocycles. The largest absolute Gasteiger partial charge is 0.456 e. The lowest BCUT2D eigenvalue weighted by Crippen LogP contribution is -2.34. The summed E-state index contributed by atoms with van der Waals surface area (Å²) in [5.41, 5.74) is 7.92. The Balaban J connectivity index is 1.44. The molecule has 1 aliphatic heterocycles. The summed E-state index contributed by atoms with van der Waals surface area (Å²) >= 11 is 0. The summed E-state index contributed by atoms with van der Waals surface area (Å²) in [6, 6.07) is 26.0. The maximum absolute atomic E-state index is 6.37. The van der Waals surface area contributed by atoms with Gasteiger partial charge in [-0.1, -0.05) is 70.2 Å². The third-order valence-corrected chi connectivity index (χ3v) is 7.48. The molecule has 0 spiro atoms. The van der Waals surface area contributed by atoms with Crippen LogP contribution in [-0.4, -0.2) is 0 Å². The van der Waals surface area contributed by atoms with Gasteiger partial charge in [0.2, 0.25) is 0 Å². The minimum absolute atomic E-state index is 0.147. The van der Waals surface area contributed by atoms with Crippen LogP contribution in [0.5, 0.6) is 11.5 Å². The van der Waals surface area contributed by atoms with E-state index in [9.17, 15) is 0 Å². The minimum atomic E-state index is 0.147. The lowest BCUT2D eigenvalue weighted by atomic mass is 9.62. The molecule has 0 bridgehead atoms. The molecule has 0 saturated heterocycles. The topological polar surface area (TPSA) is 21.3 Å². The van der Waals surface area contributed by atoms with Crippen LogP contribution in [0.25, 0.3) is 21.9 Å². The normalized spacial score (nSPS) is 17.2. The number of ether oxygens (including phenoxy) is 1. The van der Waals surface area contributed by atoms with Crippen LogP contribution in [0.2, 0.25) is 0 Å². The quantitative estimate of drug-likeness (QED) is 0.309. The van der Waals surface area contributed by atoms with Crippen LogP contribution in [0.3, 0.4) is 0 Å². The third-order valence-electron chi connectivity index (χ3n) is 7.48. The van der Waals surface area contributed by atoms with Crippen molar-refractivity contribution in [1.29, 1.82) is 0 Å². The van der Waals surface area contributed by atoms with Gasteiger partial charge in [0, 0.05) is 28.4 Å². The molecular formula is C30H29NO. The maximum Gasteiger partial charge on any atom is 0.137 e. The van der Waals surface area contributed by atoms with E-state index in [0.29, 0.717) is 0 Å². The van der Waals surface area contributed by atoms with E-state index in [1.807, 2.05) is 0 Å². The van der Waals surface area contributed by atoms with Gasteiger partial charge >= 0.3 is 0 Å². The average Bonchev–Trinajstić information content (AvgIpc) is 2.77. The molecule has 2 aliphatic rings. The van der Waals surface area contributed by atoms with Gasteiger partial charge in [-0.3, -0.25) is 0 Å². The molecule has 160 valence electrons. The first-order chi connectivity index (χ1) is 15.3. The van der Waals surface area contributed by atoms with Crippen molar-refractivity contribution in [3.05, 3.63) is 83.9 Å². The molecule has 0 unspecified atom stereocenters. The first-order valence-electron chi connectivity index (χ1n) is 11.6. The number of benzene rings is 4. The highest BCUT2D eigenvalue weighted by Gasteiger charge is 2.38. The van der Waals surface area contributed by atoms with Gasteiger partial charge in [0.1, 0.15) is 11.5 Å². The van der Waals surface area contributed by atoms with Crippen LogP contribution in [0.1, 0.15) is 51.7 Å². The van der Waals surface area contributed by atoms with Gasteiger partial charge < -0.3 is 10.1 Å². The molecule has 0 atom stereocenters. The molecule has 32 heavy (non-hydrogen) atoms. The highest BCUT2D eigenvalue weighted by molar-refractivity contribution is 6.04. The van der Waals surface area contributed by atoms with Gasteiger partial charge in [-0.2, -0.15) is 0 Å². The highest BCUT2D eigenvalue weighted by Crippen LogP contribution is 2.50. The van der Waals surface area contributed by atoms with Gasteiger partial charge in [-0.15, -0.1) is 0 Å². The molecule has 4 aromatic rings. The fraction of sp³-hybridized carbons (Fsp3) is 0.267. The summed E-state index contributed by atoms with van der Waals surface area (Å²) < 4.78 is 6.37. The molecule has 2 nitrogen and oxygen atoms in total. The van der Waals surface area contributed by atoms with Gasteiger partial charge in [0.15, 0.2) is 0 Å². The van der Waals surface area contributed by atoms with Crippen molar-refractivity contribution in [1.82, 2.24) is 0 Å². The SMILES string of the molecule is CC1(C)CCC(C)(C)c2c(Nc3ccc4c(c3)Oc3cccc5cccc-4c35)cccc21. The predicted molar refractivity (Wildman–Crippen MR) is 134 cm³/mol. The zero-order valence-electron chi connectivity index (χ0n) is 19.3. The van der Waals surface area contributed by atoms with Crippen LogP contribution < -0.4 is 10.1 Å². The van der Waals surface area contributed by atoms with Crippen molar-refractivity contribution in [3.63, 3.8) is 0 Å². The zero-order chi connectivity index (χ0) is 22.1. The second-order valence-corrected chi connectivity index (χ2v) is 10.6. The molecule has 2 heteroatoms. The Kier molecular flexibility index (Phi) is 4.02. The van der Waals surface area contributed by atoms with Crippen LogP contribution in [-0.2, 0) is 10.8 Å². The number of rotatable bonds is 2. The second-order valence-electron chi connectivity index (χ2n) is 10.6. The number of hydrogen-bond donors (Lipinski definition) is 1. The van der Waals surface area contributed by atoms with E-state index in [1.165, 1.54) is 46.0 Å². The van der Waals surface area contributed by atoms with Crippen molar-refractivity contribution in [2.45, 2.75) is 51.4 Å². The van der Waals surface area contributed by atoms with Crippen LogP contribution in [0.15, 0.2) is 72.8 Å². The van der Waals surface area contributed by atoms with E-state index >= 15 is 0 Å². The summed E-state index contributed by atoms with van der Waals surface area (Å²) in [7, 11) is 0. The highest BCUT2D eigenvalue weighted by atomic mass is 16.5. The molecule has 0 fully saturated rings. The Hall–Kier alpha value is -3.26. The fourth-order valence-electron chi connectivity index (χ4n) is 5.63. The van der Waals surface area contributed by atoms with Gasteiger partial charge in [0.05, 0.1) is 0 Å². The van der Waals surface area contributed by atoms with Crippen LogP contribution in [0, 0.1) is 0 Å². The van der Waals surface area contributed by atoms with E-state index in [2.05, 4.69) is 106 Å².